The number of nitrogens with two attached hydrogens (primary N) is 1. The third kappa shape index (κ3) is 2.10. The van der Waals surface area contributed by atoms with Crippen molar-refractivity contribution >= 4 is 0 Å². The Hall–Kier alpha value is -0.900. The van der Waals surface area contributed by atoms with Crippen molar-refractivity contribution in [3.63, 3.8) is 0 Å². The second kappa shape index (κ2) is 4.41. The largest absolute Gasteiger partial charge is 0.339 e. The Morgan fingerprint density at radius 2 is 2.06 bits per heavy atom. The molecule has 4 heteroatoms. The van der Waals surface area contributed by atoms with E-state index in [9.17, 15) is 0 Å². The van der Waals surface area contributed by atoms with Crippen LogP contribution in [0.15, 0.2) is 4.52 Å². The normalized spacial score (nSPS) is 37.1. The summed E-state index contributed by atoms with van der Waals surface area (Å²) in [5.74, 6) is 3.99. The van der Waals surface area contributed by atoms with E-state index in [4.69, 9.17) is 10.3 Å². The van der Waals surface area contributed by atoms with Gasteiger partial charge in [-0.3, -0.25) is 0 Å². The third-order valence-electron chi connectivity index (χ3n) is 4.43. The molecule has 1 aromatic heterocycles. The molecule has 2 aliphatic rings. The molecular weight excluding hydrogens is 214 g/mol. The lowest BCUT2D eigenvalue weighted by Crippen LogP contribution is -2.25. The second-order valence-corrected chi connectivity index (χ2v) is 5.70. The van der Waals surface area contributed by atoms with E-state index in [1.807, 2.05) is 0 Å². The minimum atomic E-state index is 0.407. The number of rotatable bonds is 3. The van der Waals surface area contributed by atoms with Gasteiger partial charge in [0.05, 0.1) is 0 Å². The maximum atomic E-state index is 5.84. The summed E-state index contributed by atoms with van der Waals surface area (Å²) in [5.41, 5.74) is 5.84. The van der Waals surface area contributed by atoms with Crippen molar-refractivity contribution in [1.82, 2.24) is 10.1 Å². The standard InChI is InChI=1S/C13H21N3O/c1-8-6-11(8)12-15-13(17-16-12)10-5-3-2-4-9(10)7-14/h8-11H,2-7,14H2,1H3. The molecule has 0 saturated heterocycles. The molecule has 4 atom stereocenters. The minimum Gasteiger partial charge on any atom is -0.339 e. The van der Waals surface area contributed by atoms with Gasteiger partial charge < -0.3 is 10.3 Å². The molecule has 2 N–H and O–H groups in total. The van der Waals surface area contributed by atoms with Crippen molar-refractivity contribution in [2.75, 3.05) is 6.54 Å². The van der Waals surface area contributed by atoms with Crippen LogP contribution in [0.1, 0.15) is 62.6 Å². The van der Waals surface area contributed by atoms with Crippen LogP contribution in [0.2, 0.25) is 0 Å². The summed E-state index contributed by atoms with van der Waals surface area (Å²) in [7, 11) is 0. The molecule has 0 radical (unpaired) electrons. The fraction of sp³-hybridized carbons (Fsp3) is 0.846. The van der Waals surface area contributed by atoms with Gasteiger partial charge in [0.2, 0.25) is 5.89 Å². The van der Waals surface area contributed by atoms with E-state index in [2.05, 4.69) is 17.1 Å². The van der Waals surface area contributed by atoms with Gasteiger partial charge >= 0.3 is 0 Å². The molecule has 2 fully saturated rings. The van der Waals surface area contributed by atoms with Crippen molar-refractivity contribution in [2.24, 2.45) is 17.6 Å². The van der Waals surface area contributed by atoms with Crippen molar-refractivity contribution in [2.45, 2.75) is 50.9 Å². The van der Waals surface area contributed by atoms with E-state index < -0.39 is 0 Å². The highest BCUT2D eigenvalue weighted by Crippen LogP contribution is 2.46. The zero-order valence-corrected chi connectivity index (χ0v) is 10.4. The van der Waals surface area contributed by atoms with Crippen LogP contribution in [0.3, 0.4) is 0 Å². The van der Waals surface area contributed by atoms with Gasteiger partial charge in [-0.05, 0) is 37.6 Å². The molecule has 0 aromatic carbocycles. The van der Waals surface area contributed by atoms with E-state index >= 15 is 0 Å². The monoisotopic (exact) mass is 235 g/mol. The van der Waals surface area contributed by atoms with Crippen molar-refractivity contribution in [1.29, 1.82) is 0 Å². The predicted molar refractivity (Wildman–Crippen MR) is 64.6 cm³/mol. The summed E-state index contributed by atoms with van der Waals surface area (Å²) in [5, 5.41) is 4.15. The molecule has 0 amide bonds. The molecule has 0 spiro atoms. The first-order chi connectivity index (χ1) is 8.29. The first kappa shape index (κ1) is 11.2. The maximum Gasteiger partial charge on any atom is 0.230 e. The Kier molecular flexibility index (Phi) is 2.90. The quantitative estimate of drug-likeness (QED) is 0.873. The van der Waals surface area contributed by atoms with Crippen molar-refractivity contribution in [3.8, 4) is 0 Å². The summed E-state index contributed by atoms with van der Waals surface area (Å²) in [6.45, 7) is 2.98. The molecule has 2 aliphatic carbocycles. The third-order valence-corrected chi connectivity index (χ3v) is 4.43. The van der Waals surface area contributed by atoms with Gasteiger partial charge in [-0.25, -0.2) is 0 Å². The highest BCUT2D eigenvalue weighted by Gasteiger charge is 2.39. The molecular formula is C13H21N3O. The molecule has 3 rings (SSSR count). The lowest BCUT2D eigenvalue weighted by Gasteiger charge is -2.27. The van der Waals surface area contributed by atoms with Gasteiger partial charge in [0.25, 0.3) is 0 Å². The van der Waals surface area contributed by atoms with Gasteiger partial charge in [-0.1, -0.05) is 24.9 Å². The molecule has 0 bridgehead atoms. The molecule has 1 heterocycles. The smallest absolute Gasteiger partial charge is 0.230 e. The summed E-state index contributed by atoms with van der Waals surface area (Å²) < 4.78 is 5.47. The summed E-state index contributed by atoms with van der Waals surface area (Å²) in [4.78, 5) is 4.61. The Morgan fingerprint density at radius 3 is 2.76 bits per heavy atom. The lowest BCUT2D eigenvalue weighted by atomic mass is 9.79. The molecule has 17 heavy (non-hydrogen) atoms. The maximum absolute atomic E-state index is 5.84. The van der Waals surface area contributed by atoms with Crippen LogP contribution in [0.5, 0.6) is 0 Å². The first-order valence-electron chi connectivity index (χ1n) is 6.83. The van der Waals surface area contributed by atoms with Crippen LogP contribution < -0.4 is 5.73 Å². The molecule has 4 unspecified atom stereocenters. The zero-order chi connectivity index (χ0) is 11.8. The second-order valence-electron chi connectivity index (χ2n) is 5.70. The average Bonchev–Trinajstić information content (AvgIpc) is 2.92. The first-order valence-corrected chi connectivity index (χ1v) is 6.83. The Bertz CT molecular complexity index is 390. The number of aromatic nitrogens is 2. The van der Waals surface area contributed by atoms with Gasteiger partial charge in [-0.15, -0.1) is 0 Å². The number of nitrogens with zero attached hydrogens (tertiary/aromatic N) is 2. The average molecular weight is 235 g/mol. The van der Waals surface area contributed by atoms with Crippen LogP contribution in [0.4, 0.5) is 0 Å². The van der Waals surface area contributed by atoms with E-state index in [0.717, 1.165) is 30.6 Å². The van der Waals surface area contributed by atoms with Crippen LogP contribution >= 0.6 is 0 Å². The van der Waals surface area contributed by atoms with E-state index in [-0.39, 0.29) is 0 Å². The molecule has 0 aliphatic heterocycles. The van der Waals surface area contributed by atoms with Crippen LogP contribution in [-0.2, 0) is 0 Å². The number of hydrogen-bond donors (Lipinski definition) is 1. The summed E-state index contributed by atoms with van der Waals surface area (Å²) in [6.07, 6.45) is 6.13. The fourth-order valence-corrected chi connectivity index (χ4v) is 3.05. The molecule has 1 aromatic rings. The topological polar surface area (TPSA) is 64.9 Å². The van der Waals surface area contributed by atoms with Crippen molar-refractivity contribution in [3.05, 3.63) is 11.7 Å². The van der Waals surface area contributed by atoms with E-state index in [1.165, 1.54) is 25.7 Å². The predicted octanol–water partition coefficient (Wildman–Crippen LogP) is 2.43. The lowest BCUT2D eigenvalue weighted by molar-refractivity contribution is 0.249. The Morgan fingerprint density at radius 1 is 1.29 bits per heavy atom. The van der Waals surface area contributed by atoms with Gasteiger partial charge in [0, 0.05) is 11.8 Å². The SMILES string of the molecule is CC1CC1c1noc(C2CCCCC2CN)n1. The Labute approximate surface area is 102 Å². The van der Waals surface area contributed by atoms with Gasteiger partial charge in [0.1, 0.15) is 0 Å². The Balaban J connectivity index is 1.75. The van der Waals surface area contributed by atoms with Crippen LogP contribution in [-0.4, -0.2) is 16.7 Å². The van der Waals surface area contributed by atoms with E-state index in [1.54, 1.807) is 0 Å². The van der Waals surface area contributed by atoms with Crippen LogP contribution in [0.25, 0.3) is 0 Å². The summed E-state index contributed by atoms with van der Waals surface area (Å²) >= 11 is 0. The zero-order valence-electron chi connectivity index (χ0n) is 10.4. The molecule has 2 saturated carbocycles. The highest BCUT2D eigenvalue weighted by atomic mass is 16.5. The van der Waals surface area contributed by atoms with Crippen LogP contribution in [0, 0.1) is 11.8 Å². The fourth-order valence-electron chi connectivity index (χ4n) is 3.05. The highest BCUT2D eigenvalue weighted by molar-refractivity contribution is 5.09. The van der Waals surface area contributed by atoms with Gasteiger partial charge in [-0.2, -0.15) is 4.98 Å². The summed E-state index contributed by atoms with van der Waals surface area (Å²) in [6, 6.07) is 0. The molecule has 94 valence electrons. The molecule has 4 nitrogen and oxygen atoms in total. The minimum absolute atomic E-state index is 0.407. The van der Waals surface area contributed by atoms with E-state index in [0.29, 0.717) is 17.8 Å². The number of hydrogen-bond acceptors (Lipinski definition) is 4. The van der Waals surface area contributed by atoms with Crippen molar-refractivity contribution < 1.29 is 4.52 Å². The van der Waals surface area contributed by atoms with Gasteiger partial charge in [0.15, 0.2) is 5.82 Å².